The molecule has 0 radical (unpaired) electrons. The second-order valence-corrected chi connectivity index (χ2v) is 6.54. The van der Waals surface area contributed by atoms with Gasteiger partial charge in [0, 0.05) is 6.54 Å². The minimum Gasteiger partial charge on any atom is -0.343 e. The summed E-state index contributed by atoms with van der Waals surface area (Å²) < 4.78 is 2.07. The van der Waals surface area contributed by atoms with Gasteiger partial charge in [-0.25, -0.2) is 4.98 Å². The van der Waals surface area contributed by atoms with Crippen LogP contribution >= 0.6 is 23.2 Å². The molecule has 0 aliphatic carbocycles. The smallest absolute Gasteiger partial charge is 0.243 e. The highest BCUT2D eigenvalue weighted by Crippen LogP contribution is 2.26. The summed E-state index contributed by atoms with van der Waals surface area (Å²) in [5.74, 6) is 0.531. The molecule has 1 aromatic heterocycles. The Kier molecular flexibility index (Phi) is 5.11. The Morgan fingerprint density at radius 1 is 1.28 bits per heavy atom. The number of nitrogens with zero attached hydrogens (tertiary/aromatic N) is 2. The van der Waals surface area contributed by atoms with Crippen molar-refractivity contribution in [2.45, 2.75) is 19.5 Å². The molecule has 3 rings (SSSR count). The molecule has 4 nitrogen and oxygen atoms in total. The number of rotatable bonds is 5. The number of hydrogen-bond donors (Lipinski definition) is 1. The van der Waals surface area contributed by atoms with E-state index in [1.807, 2.05) is 43.3 Å². The fraction of sp³-hybridized carbons (Fsp3) is 0.158. The quantitative estimate of drug-likeness (QED) is 0.655. The molecule has 1 heterocycles. The molecule has 0 saturated carbocycles. The molecular weight excluding hydrogens is 357 g/mol. The van der Waals surface area contributed by atoms with Crippen molar-refractivity contribution in [2.75, 3.05) is 0 Å². The summed E-state index contributed by atoms with van der Waals surface area (Å²) in [6.07, 6.45) is 1.25. The molecule has 0 fully saturated rings. The number of imidazole rings is 1. The summed E-state index contributed by atoms with van der Waals surface area (Å²) in [4.78, 5) is 16.4. The van der Waals surface area contributed by atoms with Gasteiger partial charge in [0.15, 0.2) is 0 Å². The third kappa shape index (κ3) is 3.70. The van der Waals surface area contributed by atoms with Gasteiger partial charge in [-0.05, 0) is 42.8 Å². The van der Waals surface area contributed by atoms with Gasteiger partial charge in [0.25, 0.3) is 0 Å². The molecular formula is C19H17Cl2N3O. The van der Waals surface area contributed by atoms with Crippen LogP contribution in [0.1, 0.15) is 24.4 Å². The Morgan fingerprint density at radius 2 is 2.04 bits per heavy atom. The van der Waals surface area contributed by atoms with Crippen LogP contribution in [-0.2, 0) is 11.3 Å². The molecule has 0 spiro atoms. The molecule has 0 aliphatic rings. The van der Waals surface area contributed by atoms with E-state index in [9.17, 15) is 4.79 Å². The van der Waals surface area contributed by atoms with Crippen molar-refractivity contribution >= 4 is 40.1 Å². The molecule has 6 heteroatoms. The van der Waals surface area contributed by atoms with Gasteiger partial charge in [-0.15, -0.1) is 0 Å². The number of hydrogen-bond acceptors (Lipinski definition) is 2. The van der Waals surface area contributed by atoms with Crippen molar-refractivity contribution in [3.8, 4) is 0 Å². The normalized spacial score (nSPS) is 12.1. The Morgan fingerprint density at radius 3 is 2.76 bits per heavy atom. The third-order valence-corrected chi connectivity index (χ3v) is 4.68. The lowest BCUT2D eigenvalue weighted by Gasteiger charge is -2.16. The van der Waals surface area contributed by atoms with Crippen molar-refractivity contribution in [3.63, 3.8) is 0 Å². The lowest BCUT2D eigenvalue weighted by Crippen LogP contribution is -2.27. The van der Waals surface area contributed by atoms with Gasteiger partial charge < -0.3 is 9.88 Å². The predicted octanol–water partition coefficient (Wildman–Crippen LogP) is 4.75. The second kappa shape index (κ2) is 7.30. The van der Waals surface area contributed by atoms with E-state index in [-0.39, 0.29) is 11.9 Å². The van der Waals surface area contributed by atoms with Gasteiger partial charge in [-0.3, -0.25) is 4.79 Å². The van der Waals surface area contributed by atoms with Gasteiger partial charge in [-0.1, -0.05) is 48.0 Å². The Balaban J connectivity index is 2.04. The van der Waals surface area contributed by atoms with Gasteiger partial charge in [-0.2, -0.15) is 0 Å². The number of carbonyl (C=O) groups excluding carboxylic acids is 1. The summed E-state index contributed by atoms with van der Waals surface area (Å²) in [6, 6.07) is 13.1. The molecule has 0 bridgehead atoms. The average molecular weight is 374 g/mol. The van der Waals surface area contributed by atoms with Crippen molar-refractivity contribution in [1.82, 2.24) is 14.9 Å². The SMILES string of the molecule is C=CC(=O)NC(C)c1nc2ccccc2n1Cc1ccc(Cl)c(Cl)c1. The number of fused-ring (bicyclic) bond motifs is 1. The van der Waals surface area contributed by atoms with Crippen LogP contribution in [-0.4, -0.2) is 15.5 Å². The molecule has 1 amide bonds. The van der Waals surface area contributed by atoms with Crippen LogP contribution in [0.3, 0.4) is 0 Å². The van der Waals surface area contributed by atoms with Crippen LogP contribution in [0.4, 0.5) is 0 Å². The maximum Gasteiger partial charge on any atom is 0.243 e. The maximum absolute atomic E-state index is 11.7. The number of nitrogens with one attached hydrogen (secondary N) is 1. The van der Waals surface area contributed by atoms with E-state index < -0.39 is 0 Å². The van der Waals surface area contributed by atoms with E-state index >= 15 is 0 Å². The number of carbonyl (C=O) groups is 1. The van der Waals surface area contributed by atoms with Crippen molar-refractivity contribution in [3.05, 3.63) is 76.6 Å². The van der Waals surface area contributed by atoms with Crippen LogP contribution in [0.25, 0.3) is 11.0 Å². The van der Waals surface area contributed by atoms with Crippen molar-refractivity contribution in [1.29, 1.82) is 0 Å². The monoisotopic (exact) mass is 373 g/mol. The lowest BCUT2D eigenvalue weighted by atomic mass is 10.2. The Bertz CT molecular complexity index is 949. The fourth-order valence-corrected chi connectivity index (χ4v) is 3.07. The highest BCUT2D eigenvalue weighted by Gasteiger charge is 2.18. The van der Waals surface area contributed by atoms with Crippen molar-refractivity contribution < 1.29 is 4.79 Å². The molecule has 0 saturated heterocycles. The second-order valence-electron chi connectivity index (χ2n) is 5.73. The van der Waals surface area contributed by atoms with Crippen LogP contribution in [0.15, 0.2) is 55.1 Å². The Hall–Kier alpha value is -2.30. The largest absolute Gasteiger partial charge is 0.343 e. The van der Waals surface area contributed by atoms with Gasteiger partial charge in [0.05, 0.1) is 27.1 Å². The van der Waals surface area contributed by atoms with E-state index in [0.29, 0.717) is 16.6 Å². The van der Waals surface area contributed by atoms with E-state index in [0.717, 1.165) is 22.4 Å². The van der Waals surface area contributed by atoms with Crippen molar-refractivity contribution in [2.24, 2.45) is 0 Å². The molecule has 2 aromatic carbocycles. The molecule has 0 aliphatic heterocycles. The maximum atomic E-state index is 11.7. The minimum atomic E-state index is -0.263. The standard InChI is InChI=1S/C19H17Cl2N3O/c1-3-18(25)22-12(2)19-23-16-6-4-5-7-17(16)24(19)11-13-8-9-14(20)15(21)10-13/h3-10,12H,1,11H2,2H3,(H,22,25). The summed E-state index contributed by atoms with van der Waals surface area (Å²) >= 11 is 12.1. The van der Waals surface area contributed by atoms with E-state index in [4.69, 9.17) is 28.2 Å². The Labute approximate surface area is 156 Å². The highest BCUT2D eigenvalue weighted by atomic mass is 35.5. The first-order valence-corrected chi connectivity index (χ1v) is 8.57. The van der Waals surface area contributed by atoms with Gasteiger partial charge in [0.2, 0.25) is 5.91 Å². The average Bonchev–Trinajstić information content (AvgIpc) is 2.97. The van der Waals surface area contributed by atoms with Crippen LogP contribution < -0.4 is 5.32 Å². The minimum absolute atomic E-state index is 0.236. The number of aromatic nitrogens is 2. The first-order chi connectivity index (χ1) is 12.0. The first-order valence-electron chi connectivity index (χ1n) is 7.81. The summed E-state index contributed by atoms with van der Waals surface area (Å²) in [5, 5.41) is 3.90. The zero-order valence-electron chi connectivity index (χ0n) is 13.7. The zero-order valence-corrected chi connectivity index (χ0v) is 15.2. The predicted molar refractivity (Wildman–Crippen MR) is 102 cm³/mol. The number of para-hydroxylation sites is 2. The zero-order chi connectivity index (χ0) is 18.0. The number of amides is 1. The van der Waals surface area contributed by atoms with E-state index in [1.165, 1.54) is 6.08 Å². The van der Waals surface area contributed by atoms with Crippen LogP contribution in [0, 0.1) is 0 Å². The highest BCUT2D eigenvalue weighted by molar-refractivity contribution is 6.42. The molecule has 1 N–H and O–H groups in total. The molecule has 25 heavy (non-hydrogen) atoms. The summed E-state index contributed by atoms with van der Waals surface area (Å²) in [5.41, 5.74) is 2.86. The third-order valence-electron chi connectivity index (χ3n) is 3.94. The molecule has 1 atom stereocenters. The molecule has 1 unspecified atom stereocenters. The summed E-state index contributed by atoms with van der Waals surface area (Å²) in [7, 11) is 0. The van der Waals surface area contributed by atoms with Gasteiger partial charge in [0.1, 0.15) is 5.82 Å². The number of halogens is 2. The molecule has 3 aromatic rings. The lowest BCUT2D eigenvalue weighted by molar-refractivity contribution is -0.117. The van der Waals surface area contributed by atoms with E-state index in [2.05, 4.69) is 16.5 Å². The van der Waals surface area contributed by atoms with Gasteiger partial charge >= 0.3 is 0 Å². The number of benzene rings is 2. The summed E-state index contributed by atoms with van der Waals surface area (Å²) in [6.45, 7) is 5.96. The van der Waals surface area contributed by atoms with Crippen LogP contribution in [0.2, 0.25) is 10.0 Å². The van der Waals surface area contributed by atoms with E-state index in [1.54, 1.807) is 6.07 Å². The topological polar surface area (TPSA) is 46.9 Å². The first kappa shape index (κ1) is 17.5. The van der Waals surface area contributed by atoms with Crippen LogP contribution in [0.5, 0.6) is 0 Å². The molecule has 128 valence electrons. The fourth-order valence-electron chi connectivity index (χ4n) is 2.75.